The molecule has 4 rings (SSSR count). The second-order valence-electron chi connectivity index (χ2n) is 6.72. The molecule has 0 radical (unpaired) electrons. The maximum atomic E-state index is 13.0. The van der Waals surface area contributed by atoms with Crippen molar-refractivity contribution in [2.45, 2.75) is 19.4 Å². The number of imidazole rings is 1. The molecule has 1 aliphatic rings. The SMILES string of the molecule is CCc1ccc(C2CN(C(=O)c3ccnc(-c4ncc[nH]4)c3)CCN2)cc1. The number of piperazine rings is 1. The zero-order chi connectivity index (χ0) is 18.6. The summed E-state index contributed by atoms with van der Waals surface area (Å²) in [6.45, 7) is 4.28. The number of H-pyrrole nitrogens is 1. The van der Waals surface area contributed by atoms with Crippen molar-refractivity contribution in [3.05, 3.63) is 71.7 Å². The van der Waals surface area contributed by atoms with Gasteiger partial charge in [-0.25, -0.2) is 4.98 Å². The summed E-state index contributed by atoms with van der Waals surface area (Å²) in [5.74, 6) is 0.695. The van der Waals surface area contributed by atoms with Crippen LogP contribution in [-0.4, -0.2) is 45.4 Å². The first kappa shape index (κ1) is 17.4. The minimum absolute atomic E-state index is 0.0295. The number of aryl methyl sites for hydroxylation is 1. The highest BCUT2D eigenvalue weighted by Gasteiger charge is 2.25. The van der Waals surface area contributed by atoms with E-state index < -0.39 is 0 Å². The van der Waals surface area contributed by atoms with Crippen LogP contribution in [0.15, 0.2) is 55.0 Å². The summed E-state index contributed by atoms with van der Waals surface area (Å²) in [7, 11) is 0. The third-order valence-corrected chi connectivity index (χ3v) is 5.00. The van der Waals surface area contributed by atoms with Crippen LogP contribution in [-0.2, 0) is 6.42 Å². The molecule has 3 aromatic rings. The minimum Gasteiger partial charge on any atom is -0.343 e. The Morgan fingerprint density at radius 2 is 2.04 bits per heavy atom. The molecule has 0 spiro atoms. The van der Waals surface area contributed by atoms with Crippen molar-refractivity contribution in [3.8, 4) is 11.5 Å². The molecule has 1 unspecified atom stereocenters. The van der Waals surface area contributed by atoms with Gasteiger partial charge < -0.3 is 15.2 Å². The maximum Gasteiger partial charge on any atom is 0.254 e. The molecule has 1 fully saturated rings. The van der Waals surface area contributed by atoms with E-state index in [0.717, 1.165) is 13.0 Å². The smallest absolute Gasteiger partial charge is 0.254 e. The van der Waals surface area contributed by atoms with Crippen molar-refractivity contribution in [3.63, 3.8) is 0 Å². The lowest BCUT2D eigenvalue weighted by Gasteiger charge is -2.34. The monoisotopic (exact) mass is 361 g/mol. The third-order valence-electron chi connectivity index (χ3n) is 5.00. The molecule has 0 aliphatic carbocycles. The highest BCUT2D eigenvalue weighted by atomic mass is 16.2. The Morgan fingerprint density at radius 1 is 1.19 bits per heavy atom. The van der Waals surface area contributed by atoms with Crippen LogP contribution in [0.25, 0.3) is 11.5 Å². The largest absolute Gasteiger partial charge is 0.343 e. The van der Waals surface area contributed by atoms with Gasteiger partial charge in [0.1, 0.15) is 5.69 Å². The molecule has 1 aromatic carbocycles. The number of benzene rings is 1. The molecule has 138 valence electrons. The van der Waals surface area contributed by atoms with Gasteiger partial charge in [-0.1, -0.05) is 31.2 Å². The van der Waals surface area contributed by atoms with Crippen LogP contribution in [0.2, 0.25) is 0 Å². The number of nitrogens with one attached hydrogen (secondary N) is 2. The molecular formula is C21H23N5O. The van der Waals surface area contributed by atoms with E-state index in [2.05, 4.69) is 51.5 Å². The van der Waals surface area contributed by atoms with E-state index >= 15 is 0 Å². The number of amides is 1. The Hall–Kier alpha value is -2.99. The van der Waals surface area contributed by atoms with Crippen LogP contribution < -0.4 is 5.32 Å². The highest BCUT2D eigenvalue weighted by Crippen LogP contribution is 2.21. The quantitative estimate of drug-likeness (QED) is 0.749. The van der Waals surface area contributed by atoms with Crippen LogP contribution in [0.1, 0.15) is 34.5 Å². The van der Waals surface area contributed by atoms with Gasteiger partial charge in [-0.05, 0) is 29.7 Å². The number of hydrogen-bond donors (Lipinski definition) is 2. The fraction of sp³-hybridized carbons (Fsp3) is 0.286. The van der Waals surface area contributed by atoms with Gasteiger partial charge >= 0.3 is 0 Å². The Bertz CT molecular complexity index is 905. The average molecular weight is 361 g/mol. The predicted octanol–water partition coefficient (Wildman–Crippen LogP) is 2.82. The lowest BCUT2D eigenvalue weighted by molar-refractivity contribution is 0.0703. The van der Waals surface area contributed by atoms with Crippen LogP contribution in [0.4, 0.5) is 0 Å². The number of carbonyl (C=O) groups is 1. The molecule has 2 aromatic heterocycles. The molecule has 2 N–H and O–H groups in total. The topological polar surface area (TPSA) is 73.9 Å². The zero-order valence-corrected chi connectivity index (χ0v) is 15.4. The van der Waals surface area contributed by atoms with Gasteiger partial charge in [-0.15, -0.1) is 0 Å². The molecule has 1 aliphatic heterocycles. The second-order valence-corrected chi connectivity index (χ2v) is 6.72. The van der Waals surface area contributed by atoms with Crippen molar-refractivity contribution in [1.82, 2.24) is 25.2 Å². The fourth-order valence-electron chi connectivity index (χ4n) is 3.42. The number of rotatable bonds is 4. The van der Waals surface area contributed by atoms with Crippen molar-refractivity contribution >= 4 is 5.91 Å². The van der Waals surface area contributed by atoms with Gasteiger partial charge in [0.2, 0.25) is 0 Å². The van der Waals surface area contributed by atoms with E-state index in [1.165, 1.54) is 11.1 Å². The van der Waals surface area contributed by atoms with E-state index in [9.17, 15) is 4.79 Å². The van der Waals surface area contributed by atoms with Crippen molar-refractivity contribution in [2.24, 2.45) is 0 Å². The van der Waals surface area contributed by atoms with E-state index in [1.807, 2.05) is 4.90 Å². The lowest BCUT2D eigenvalue weighted by Crippen LogP contribution is -2.48. The van der Waals surface area contributed by atoms with Gasteiger partial charge in [0, 0.05) is 49.8 Å². The van der Waals surface area contributed by atoms with Gasteiger partial charge in [-0.3, -0.25) is 9.78 Å². The predicted molar refractivity (Wildman–Crippen MR) is 104 cm³/mol. The number of carbonyl (C=O) groups excluding carboxylic acids is 1. The molecule has 0 bridgehead atoms. The molecule has 0 saturated carbocycles. The van der Waals surface area contributed by atoms with Gasteiger partial charge in [-0.2, -0.15) is 0 Å². The van der Waals surface area contributed by atoms with Crippen LogP contribution in [0.5, 0.6) is 0 Å². The molecule has 1 atom stereocenters. The van der Waals surface area contributed by atoms with E-state index in [4.69, 9.17) is 0 Å². The summed E-state index contributed by atoms with van der Waals surface area (Å²) in [4.78, 5) is 26.5. The molecule has 1 amide bonds. The molecular weight excluding hydrogens is 338 g/mol. The first-order valence-corrected chi connectivity index (χ1v) is 9.32. The van der Waals surface area contributed by atoms with E-state index in [0.29, 0.717) is 30.2 Å². The first-order chi connectivity index (χ1) is 13.2. The summed E-state index contributed by atoms with van der Waals surface area (Å²) < 4.78 is 0. The van der Waals surface area contributed by atoms with Crippen molar-refractivity contribution in [1.29, 1.82) is 0 Å². The molecule has 27 heavy (non-hydrogen) atoms. The summed E-state index contributed by atoms with van der Waals surface area (Å²) in [5.41, 5.74) is 3.85. The number of aromatic nitrogens is 3. The second kappa shape index (κ2) is 7.72. The van der Waals surface area contributed by atoms with Crippen molar-refractivity contribution in [2.75, 3.05) is 19.6 Å². The fourth-order valence-corrected chi connectivity index (χ4v) is 3.42. The Kier molecular flexibility index (Phi) is 4.98. The first-order valence-electron chi connectivity index (χ1n) is 9.32. The highest BCUT2D eigenvalue weighted by molar-refractivity contribution is 5.95. The molecule has 6 heteroatoms. The molecule has 3 heterocycles. The summed E-state index contributed by atoms with van der Waals surface area (Å²) in [5, 5.41) is 3.52. The van der Waals surface area contributed by atoms with Gasteiger partial charge in [0.15, 0.2) is 5.82 Å². The minimum atomic E-state index is 0.0295. The lowest BCUT2D eigenvalue weighted by atomic mass is 10.0. The summed E-state index contributed by atoms with van der Waals surface area (Å²) in [6.07, 6.45) is 6.11. The number of aromatic amines is 1. The van der Waals surface area contributed by atoms with E-state index in [-0.39, 0.29) is 11.9 Å². The van der Waals surface area contributed by atoms with Crippen LogP contribution in [0.3, 0.4) is 0 Å². The average Bonchev–Trinajstić information content (AvgIpc) is 3.28. The summed E-state index contributed by atoms with van der Waals surface area (Å²) in [6, 6.07) is 12.4. The van der Waals surface area contributed by atoms with Crippen LogP contribution >= 0.6 is 0 Å². The Morgan fingerprint density at radius 3 is 2.78 bits per heavy atom. The molecule has 1 saturated heterocycles. The van der Waals surface area contributed by atoms with Gasteiger partial charge in [0.05, 0.1) is 0 Å². The van der Waals surface area contributed by atoms with Crippen LogP contribution in [0, 0.1) is 0 Å². The van der Waals surface area contributed by atoms with Crippen molar-refractivity contribution < 1.29 is 4.79 Å². The summed E-state index contributed by atoms with van der Waals surface area (Å²) >= 11 is 0. The third kappa shape index (κ3) is 3.75. The number of pyridine rings is 1. The standard InChI is InChI=1S/C21H23N5O/c1-2-15-3-5-16(6-4-15)19-14-26(12-11-23-19)21(27)17-7-8-22-18(13-17)20-24-9-10-25-20/h3-10,13,19,23H,2,11-12,14H2,1H3,(H,24,25). The maximum absolute atomic E-state index is 13.0. The number of nitrogens with zero attached hydrogens (tertiary/aromatic N) is 3. The number of hydrogen-bond acceptors (Lipinski definition) is 4. The normalized spacial score (nSPS) is 17.1. The van der Waals surface area contributed by atoms with Gasteiger partial charge in [0.25, 0.3) is 5.91 Å². The Labute approximate surface area is 158 Å². The zero-order valence-electron chi connectivity index (χ0n) is 15.4. The Balaban J connectivity index is 1.51. The molecule has 6 nitrogen and oxygen atoms in total. The van der Waals surface area contributed by atoms with E-state index in [1.54, 1.807) is 30.7 Å².